The molecule has 0 aliphatic carbocycles. The summed E-state index contributed by atoms with van der Waals surface area (Å²) in [5.41, 5.74) is 2.57. The van der Waals surface area contributed by atoms with E-state index >= 15 is 0 Å². The topological polar surface area (TPSA) is 63.4 Å². The zero-order valence-corrected chi connectivity index (χ0v) is 10.3. The van der Waals surface area contributed by atoms with E-state index in [4.69, 9.17) is 10.6 Å². The van der Waals surface area contributed by atoms with Crippen LogP contribution in [0.3, 0.4) is 0 Å². The number of nitrogens with one attached hydrogen (secondary N) is 1. The van der Waals surface area contributed by atoms with Crippen LogP contribution in [0.1, 0.15) is 18.2 Å². The first kappa shape index (κ1) is 11.8. The van der Waals surface area contributed by atoms with Crippen molar-refractivity contribution in [2.75, 3.05) is 25.2 Å². The highest BCUT2D eigenvalue weighted by atomic mass is 32.1. The van der Waals surface area contributed by atoms with Crippen molar-refractivity contribution in [3.8, 4) is 0 Å². The van der Waals surface area contributed by atoms with Crippen LogP contribution < -0.4 is 11.3 Å². The number of nitrogens with zero attached hydrogens (tertiary/aromatic N) is 2. The molecule has 1 saturated heterocycles. The smallest absolute Gasteiger partial charge is 0.197 e. The monoisotopic (exact) mass is 242 g/mol. The zero-order valence-electron chi connectivity index (χ0n) is 9.48. The van der Waals surface area contributed by atoms with Crippen molar-refractivity contribution in [1.82, 2.24) is 9.88 Å². The van der Waals surface area contributed by atoms with Crippen LogP contribution in [-0.4, -0.2) is 35.7 Å². The van der Waals surface area contributed by atoms with E-state index in [9.17, 15) is 0 Å². The summed E-state index contributed by atoms with van der Waals surface area (Å²) in [7, 11) is 0. The van der Waals surface area contributed by atoms with E-state index < -0.39 is 0 Å². The fraction of sp³-hybridized carbons (Fsp3) is 0.700. The Morgan fingerprint density at radius 3 is 3.31 bits per heavy atom. The number of nitrogen functional groups attached to an aromatic ring is 1. The van der Waals surface area contributed by atoms with Crippen molar-refractivity contribution in [1.29, 1.82) is 0 Å². The number of hydrazine groups is 1. The summed E-state index contributed by atoms with van der Waals surface area (Å²) in [5, 5.41) is 0.774. The van der Waals surface area contributed by atoms with Gasteiger partial charge in [0.1, 0.15) is 0 Å². The minimum absolute atomic E-state index is 0.533. The van der Waals surface area contributed by atoms with Crippen LogP contribution in [0.25, 0.3) is 0 Å². The van der Waals surface area contributed by atoms with Crippen LogP contribution >= 0.6 is 11.3 Å². The molecule has 1 aliphatic heterocycles. The number of aromatic nitrogens is 1. The maximum absolute atomic E-state index is 5.48. The Labute approximate surface area is 99.6 Å². The SMILES string of the molecule is CCC1COCCN1Cc1cnc(NN)s1. The maximum atomic E-state index is 5.48. The van der Waals surface area contributed by atoms with Crippen LogP contribution in [0.15, 0.2) is 6.20 Å². The van der Waals surface area contributed by atoms with E-state index in [1.807, 2.05) is 6.20 Å². The second kappa shape index (κ2) is 5.58. The van der Waals surface area contributed by atoms with E-state index in [1.165, 1.54) is 4.88 Å². The Bertz CT molecular complexity index is 330. The van der Waals surface area contributed by atoms with E-state index in [2.05, 4.69) is 22.2 Å². The number of rotatable bonds is 4. The van der Waals surface area contributed by atoms with Gasteiger partial charge >= 0.3 is 0 Å². The molecule has 1 aliphatic rings. The molecule has 0 aromatic carbocycles. The van der Waals surface area contributed by atoms with Gasteiger partial charge in [-0.3, -0.25) is 10.3 Å². The van der Waals surface area contributed by atoms with Crippen molar-refractivity contribution in [2.45, 2.75) is 25.9 Å². The molecule has 1 unspecified atom stereocenters. The molecule has 0 radical (unpaired) electrons. The highest BCUT2D eigenvalue weighted by molar-refractivity contribution is 7.15. The molecule has 0 saturated carbocycles. The summed E-state index contributed by atoms with van der Waals surface area (Å²) in [5.74, 6) is 5.31. The van der Waals surface area contributed by atoms with Crippen LogP contribution in [0, 0.1) is 0 Å². The number of ether oxygens (including phenoxy) is 1. The van der Waals surface area contributed by atoms with Crippen molar-refractivity contribution in [3.05, 3.63) is 11.1 Å². The second-order valence-corrected chi connectivity index (χ2v) is 5.00. The lowest BCUT2D eigenvalue weighted by Crippen LogP contribution is -2.44. The van der Waals surface area contributed by atoms with Crippen molar-refractivity contribution < 1.29 is 4.74 Å². The second-order valence-electron chi connectivity index (χ2n) is 3.88. The lowest BCUT2D eigenvalue weighted by atomic mass is 10.2. The normalized spacial score (nSPS) is 22.2. The molecule has 1 aromatic rings. The third-order valence-electron chi connectivity index (χ3n) is 2.86. The Hall–Kier alpha value is -0.690. The summed E-state index contributed by atoms with van der Waals surface area (Å²) in [6, 6.07) is 0.533. The molecule has 1 fully saturated rings. The van der Waals surface area contributed by atoms with E-state index in [1.54, 1.807) is 11.3 Å². The van der Waals surface area contributed by atoms with Gasteiger partial charge in [-0.15, -0.1) is 0 Å². The predicted molar refractivity (Wildman–Crippen MR) is 65.2 cm³/mol. The van der Waals surface area contributed by atoms with Gasteiger partial charge in [-0.2, -0.15) is 0 Å². The first-order valence-corrected chi connectivity index (χ1v) is 6.38. The minimum Gasteiger partial charge on any atom is -0.378 e. The molecule has 1 atom stereocenters. The zero-order chi connectivity index (χ0) is 11.4. The first-order valence-electron chi connectivity index (χ1n) is 5.56. The Morgan fingerprint density at radius 2 is 2.62 bits per heavy atom. The average Bonchev–Trinajstić information content (AvgIpc) is 2.77. The fourth-order valence-electron chi connectivity index (χ4n) is 1.92. The summed E-state index contributed by atoms with van der Waals surface area (Å²) in [6.45, 7) is 5.82. The van der Waals surface area contributed by atoms with Gasteiger partial charge < -0.3 is 4.74 Å². The van der Waals surface area contributed by atoms with E-state index in [-0.39, 0.29) is 0 Å². The molecule has 0 bridgehead atoms. The Kier molecular flexibility index (Phi) is 4.11. The summed E-state index contributed by atoms with van der Waals surface area (Å²) in [6.07, 6.45) is 3.02. The van der Waals surface area contributed by atoms with Crippen LogP contribution in [0.2, 0.25) is 0 Å². The molecular weight excluding hydrogens is 224 g/mol. The van der Waals surface area contributed by atoms with Crippen LogP contribution in [0.4, 0.5) is 5.13 Å². The standard InChI is InChI=1S/C10H18N4OS/c1-2-8-7-15-4-3-14(8)6-9-5-12-10(13-11)16-9/h5,8H,2-4,6-7,11H2,1H3,(H,12,13). The number of hydrogen-bond acceptors (Lipinski definition) is 6. The molecule has 0 spiro atoms. The molecule has 90 valence electrons. The number of anilines is 1. The molecule has 0 amide bonds. The predicted octanol–water partition coefficient (Wildman–Crippen LogP) is 1.04. The van der Waals surface area contributed by atoms with Gasteiger partial charge in [-0.25, -0.2) is 10.8 Å². The largest absolute Gasteiger partial charge is 0.378 e. The summed E-state index contributed by atoms with van der Waals surface area (Å²) in [4.78, 5) is 7.87. The van der Waals surface area contributed by atoms with Gasteiger partial charge in [0, 0.05) is 30.2 Å². The average molecular weight is 242 g/mol. The quantitative estimate of drug-likeness (QED) is 0.610. The number of thiazole rings is 1. The Morgan fingerprint density at radius 1 is 1.75 bits per heavy atom. The van der Waals surface area contributed by atoms with Gasteiger partial charge in [-0.05, 0) is 6.42 Å². The van der Waals surface area contributed by atoms with Crippen LogP contribution in [-0.2, 0) is 11.3 Å². The number of nitrogens with two attached hydrogens (primary N) is 1. The van der Waals surface area contributed by atoms with Gasteiger partial charge in [0.2, 0.25) is 0 Å². The van der Waals surface area contributed by atoms with E-state index in [0.717, 1.165) is 37.9 Å². The van der Waals surface area contributed by atoms with E-state index in [0.29, 0.717) is 6.04 Å². The molecule has 5 nitrogen and oxygen atoms in total. The highest BCUT2D eigenvalue weighted by Gasteiger charge is 2.21. The van der Waals surface area contributed by atoms with Gasteiger partial charge in [-0.1, -0.05) is 18.3 Å². The number of hydrogen-bond donors (Lipinski definition) is 2. The molecule has 3 N–H and O–H groups in total. The lowest BCUT2D eigenvalue weighted by Gasteiger charge is -2.34. The summed E-state index contributed by atoms with van der Waals surface area (Å²) < 4.78 is 5.48. The lowest BCUT2D eigenvalue weighted by molar-refractivity contribution is -0.0123. The van der Waals surface area contributed by atoms with Crippen molar-refractivity contribution in [3.63, 3.8) is 0 Å². The summed E-state index contributed by atoms with van der Waals surface area (Å²) >= 11 is 1.61. The molecule has 2 rings (SSSR count). The van der Waals surface area contributed by atoms with Crippen molar-refractivity contribution in [2.24, 2.45) is 5.84 Å². The third kappa shape index (κ3) is 2.70. The van der Waals surface area contributed by atoms with Gasteiger partial charge in [0.15, 0.2) is 5.13 Å². The third-order valence-corrected chi connectivity index (χ3v) is 3.77. The van der Waals surface area contributed by atoms with Gasteiger partial charge in [0.05, 0.1) is 13.2 Å². The molecule has 16 heavy (non-hydrogen) atoms. The Balaban J connectivity index is 1.96. The highest BCUT2D eigenvalue weighted by Crippen LogP contribution is 2.21. The fourth-order valence-corrected chi connectivity index (χ4v) is 2.67. The molecular formula is C10H18N4OS. The van der Waals surface area contributed by atoms with Crippen LogP contribution in [0.5, 0.6) is 0 Å². The number of morpholine rings is 1. The molecule has 2 heterocycles. The van der Waals surface area contributed by atoms with Crippen molar-refractivity contribution >= 4 is 16.5 Å². The first-order chi connectivity index (χ1) is 7.83. The van der Waals surface area contributed by atoms with Gasteiger partial charge in [0.25, 0.3) is 0 Å². The molecule has 6 heteroatoms. The maximum Gasteiger partial charge on any atom is 0.197 e. The molecule has 1 aromatic heterocycles. The minimum atomic E-state index is 0.533.